The molecule has 1 aromatic carbocycles. The van der Waals surface area contributed by atoms with E-state index in [1.54, 1.807) is 0 Å². The van der Waals surface area contributed by atoms with Crippen LogP contribution in [0.4, 0.5) is 9.18 Å². The van der Waals surface area contributed by atoms with Crippen molar-refractivity contribution in [2.45, 2.75) is 26.2 Å². The Morgan fingerprint density at radius 3 is 2.61 bits per heavy atom. The van der Waals surface area contributed by atoms with Crippen LogP contribution in [0.25, 0.3) is 0 Å². The van der Waals surface area contributed by atoms with Crippen LogP contribution in [-0.4, -0.2) is 55.0 Å². The number of esters is 1. The molecule has 1 aliphatic rings. The quantitative estimate of drug-likeness (QED) is 0.712. The summed E-state index contributed by atoms with van der Waals surface area (Å²) in [5.41, 5.74) is 0.341. The zero-order valence-electron chi connectivity index (χ0n) is 15.7. The van der Waals surface area contributed by atoms with Crippen molar-refractivity contribution < 1.29 is 28.3 Å². The third-order valence-electron chi connectivity index (χ3n) is 4.27. The molecule has 28 heavy (non-hydrogen) atoms. The number of benzene rings is 1. The lowest BCUT2D eigenvalue weighted by Gasteiger charge is -2.31. The number of amides is 4. The lowest BCUT2D eigenvalue weighted by molar-refractivity contribution is -0.153. The number of piperidine rings is 1. The fraction of sp³-hybridized carbons (Fsp3) is 0.474. The van der Waals surface area contributed by atoms with Crippen molar-refractivity contribution in [2.75, 3.05) is 26.2 Å². The molecule has 1 atom stereocenters. The molecule has 8 nitrogen and oxygen atoms in total. The highest BCUT2D eigenvalue weighted by Crippen LogP contribution is 2.20. The molecule has 0 saturated carbocycles. The summed E-state index contributed by atoms with van der Waals surface area (Å²) in [6, 6.07) is 4.56. The second-order valence-electron chi connectivity index (χ2n) is 6.51. The molecule has 2 N–H and O–H groups in total. The monoisotopic (exact) mass is 393 g/mol. The summed E-state index contributed by atoms with van der Waals surface area (Å²) >= 11 is 0. The number of nitrogens with one attached hydrogen (secondary N) is 2. The average Bonchev–Trinajstić information content (AvgIpc) is 2.70. The Bertz CT molecular complexity index is 723. The van der Waals surface area contributed by atoms with Crippen LogP contribution >= 0.6 is 0 Å². The average molecular weight is 393 g/mol. The van der Waals surface area contributed by atoms with Crippen molar-refractivity contribution in [3.63, 3.8) is 0 Å². The fourth-order valence-corrected chi connectivity index (χ4v) is 2.83. The first kappa shape index (κ1) is 21.3. The third-order valence-corrected chi connectivity index (χ3v) is 4.27. The minimum atomic E-state index is -0.725. The molecule has 1 fully saturated rings. The molecule has 0 spiro atoms. The summed E-state index contributed by atoms with van der Waals surface area (Å²) < 4.78 is 18.0. The van der Waals surface area contributed by atoms with Gasteiger partial charge in [0.05, 0.1) is 5.92 Å². The Balaban J connectivity index is 1.82. The van der Waals surface area contributed by atoms with Gasteiger partial charge in [0.15, 0.2) is 6.61 Å². The molecule has 0 bridgehead atoms. The van der Waals surface area contributed by atoms with E-state index in [4.69, 9.17) is 4.74 Å². The van der Waals surface area contributed by atoms with Crippen LogP contribution in [-0.2, 0) is 14.3 Å². The number of halogens is 1. The van der Waals surface area contributed by atoms with Gasteiger partial charge in [0.2, 0.25) is 0 Å². The van der Waals surface area contributed by atoms with E-state index in [9.17, 15) is 23.6 Å². The Labute approximate surface area is 162 Å². The van der Waals surface area contributed by atoms with E-state index in [-0.39, 0.29) is 12.5 Å². The minimum Gasteiger partial charge on any atom is -0.455 e. The first-order valence-electron chi connectivity index (χ1n) is 9.20. The number of hydrogen-bond donors (Lipinski definition) is 2. The first-order valence-corrected chi connectivity index (χ1v) is 9.20. The second-order valence-corrected chi connectivity index (χ2v) is 6.51. The van der Waals surface area contributed by atoms with Gasteiger partial charge in [0.25, 0.3) is 11.8 Å². The smallest absolute Gasteiger partial charge is 0.321 e. The molecule has 1 saturated heterocycles. The normalized spacial score (nSPS) is 16.2. The summed E-state index contributed by atoms with van der Waals surface area (Å²) in [5.74, 6) is -2.60. The van der Waals surface area contributed by atoms with Gasteiger partial charge in [0.1, 0.15) is 5.82 Å². The Morgan fingerprint density at radius 2 is 1.93 bits per heavy atom. The maximum absolute atomic E-state index is 13.0. The molecule has 1 aromatic rings. The van der Waals surface area contributed by atoms with Crippen molar-refractivity contribution in [2.24, 2.45) is 5.92 Å². The predicted octanol–water partition coefficient (Wildman–Crippen LogP) is 1.46. The van der Waals surface area contributed by atoms with Crippen LogP contribution in [0.1, 0.15) is 36.5 Å². The maximum Gasteiger partial charge on any atom is 0.321 e. The molecule has 4 amide bonds. The van der Waals surface area contributed by atoms with Crippen LogP contribution in [0, 0.1) is 11.7 Å². The van der Waals surface area contributed by atoms with Crippen molar-refractivity contribution in [3.8, 4) is 0 Å². The Hall–Kier alpha value is -2.97. The van der Waals surface area contributed by atoms with Gasteiger partial charge in [-0.25, -0.2) is 9.18 Å². The number of imide groups is 1. The number of carbonyl (C=O) groups is 4. The van der Waals surface area contributed by atoms with E-state index >= 15 is 0 Å². The number of rotatable bonds is 6. The molecule has 0 aliphatic carbocycles. The van der Waals surface area contributed by atoms with E-state index in [1.807, 2.05) is 6.92 Å². The summed E-state index contributed by atoms with van der Waals surface area (Å²) in [5, 5.41) is 4.54. The van der Waals surface area contributed by atoms with Gasteiger partial charge < -0.3 is 15.0 Å². The minimum absolute atomic E-state index is 0.160. The number of ether oxygens (including phenoxy) is 1. The van der Waals surface area contributed by atoms with Crippen LogP contribution in [0.5, 0.6) is 0 Å². The number of likely N-dealkylation sites (tertiary alicyclic amines) is 1. The third kappa shape index (κ3) is 6.33. The first-order chi connectivity index (χ1) is 13.4. The summed E-state index contributed by atoms with van der Waals surface area (Å²) in [4.78, 5) is 49.3. The largest absolute Gasteiger partial charge is 0.455 e. The molecule has 0 aromatic heterocycles. The van der Waals surface area contributed by atoms with Crippen LogP contribution in [0.3, 0.4) is 0 Å². The van der Waals surface area contributed by atoms with Crippen LogP contribution in [0.15, 0.2) is 24.3 Å². The van der Waals surface area contributed by atoms with Crippen LogP contribution < -0.4 is 10.6 Å². The van der Waals surface area contributed by atoms with Crippen molar-refractivity contribution in [3.05, 3.63) is 35.6 Å². The van der Waals surface area contributed by atoms with Gasteiger partial charge in [-0.3, -0.25) is 19.7 Å². The van der Waals surface area contributed by atoms with Gasteiger partial charge in [0, 0.05) is 25.2 Å². The number of hydrogen-bond acceptors (Lipinski definition) is 5. The number of carbonyl (C=O) groups excluding carboxylic acids is 4. The summed E-state index contributed by atoms with van der Waals surface area (Å²) in [6.07, 6.45) is 1.87. The molecule has 1 unspecified atom stereocenters. The van der Waals surface area contributed by atoms with E-state index in [0.717, 1.165) is 6.42 Å². The van der Waals surface area contributed by atoms with Gasteiger partial charge in [-0.1, -0.05) is 6.92 Å². The van der Waals surface area contributed by atoms with Gasteiger partial charge >= 0.3 is 12.0 Å². The van der Waals surface area contributed by atoms with Gasteiger partial charge in [-0.2, -0.15) is 0 Å². The Morgan fingerprint density at radius 1 is 1.21 bits per heavy atom. The molecular weight excluding hydrogens is 369 g/mol. The maximum atomic E-state index is 13.0. The van der Waals surface area contributed by atoms with Crippen molar-refractivity contribution >= 4 is 23.8 Å². The van der Waals surface area contributed by atoms with E-state index in [0.29, 0.717) is 31.5 Å². The molecule has 1 aliphatic heterocycles. The van der Waals surface area contributed by atoms with Crippen molar-refractivity contribution in [1.29, 1.82) is 0 Å². The highest BCUT2D eigenvalue weighted by Gasteiger charge is 2.30. The van der Waals surface area contributed by atoms with E-state index in [1.165, 1.54) is 29.2 Å². The standard InChI is InChI=1S/C19H24FN3O5/c1-2-9-21-19(27)22-16(24)12-28-18(26)14-4-3-10-23(11-14)17(25)13-5-7-15(20)8-6-13/h5-8,14H,2-4,9-12H2,1H3,(H2,21,22,24,27). The van der Waals surface area contributed by atoms with Crippen molar-refractivity contribution in [1.82, 2.24) is 15.5 Å². The molecular formula is C19H24FN3O5. The van der Waals surface area contributed by atoms with Gasteiger partial charge in [-0.05, 0) is 43.5 Å². The van der Waals surface area contributed by atoms with Crippen LogP contribution in [0.2, 0.25) is 0 Å². The zero-order valence-corrected chi connectivity index (χ0v) is 15.7. The predicted molar refractivity (Wildman–Crippen MR) is 97.8 cm³/mol. The highest BCUT2D eigenvalue weighted by molar-refractivity contribution is 5.96. The highest BCUT2D eigenvalue weighted by atomic mass is 19.1. The zero-order chi connectivity index (χ0) is 20.5. The summed E-state index contributed by atoms with van der Waals surface area (Å²) in [7, 11) is 0. The van der Waals surface area contributed by atoms with E-state index in [2.05, 4.69) is 10.6 Å². The molecule has 0 radical (unpaired) electrons. The lowest BCUT2D eigenvalue weighted by Crippen LogP contribution is -2.44. The number of nitrogens with zero attached hydrogens (tertiary/aromatic N) is 1. The van der Waals surface area contributed by atoms with Gasteiger partial charge in [-0.15, -0.1) is 0 Å². The second kappa shape index (κ2) is 10.4. The molecule has 9 heteroatoms. The summed E-state index contributed by atoms with van der Waals surface area (Å²) in [6.45, 7) is 2.38. The molecule has 2 rings (SSSR count). The van der Waals surface area contributed by atoms with E-state index < -0.39 is 36.2 Å². The lowest BCUT2D eigenvalue weighted by atomic mass is 9.97. The molecule has 152 valence electrons. The Kier molecular flexibility index (Phi) is 7.91. The topological polar surface area (TPSA) is 105 Å². The SMILES string of the molecule is CCCNC(=O)NC(=O)COC(=O)C1CCCN(C(=O)c2ccc(F)cc2)C1. The molecule has 1 heterocycles. The number of urea groups is 1. The fourth-order valence-electron chi connectivity index (χ4n) is 2.83.